The number of carbonyl (C=O) groups is 1. The maximum Gasteiger partial charge on any atom is 0.249 e. The SMILES string of the molecule is COCC(=O)N1C[C@H]2CN(Cc3n[nH]c(C)n3)C[C@H]2[C@@H]1c1cccc(F)c1. The molecule has 7 nitrogen and oxygen atoms in total. The number of carbonyl (C=O) groups excluding carboxylic acids is 1. The fraction of sp³-hybridized carbons (Fsp3) is 0.526. The van der Waals surface area contributed by atoms with E-state index in [0.29, 0.717) is 19.0 Å². The summed E-state index contributed by atoms with van der Waals surface area (Å²) in [6, 6.07) is 6.46. The number of nitrogens with one attached hydrogen (secondary N) is 1. The Labute approximate surface area is 157 Å². The third kappa shape index (κ3) is 3.59. The molecular weight excluding hydrogens is 349 g/mol. The molecule has 0 spiro atoms. The van der Waals surface area contributed by atoms with Crippen LogP contribution in [-0.2, 0) is 16.1 Å². The molecule has 2 fully saturated rings. The first-order valence-electron chi connectivity index (χ1n) is 9.19. The van der Waals surface area contributed by atoms with Crippen molar-refractivity contribution in [2.45, 2.75) is 19.5 Å². The Bertz CT molecular complexity index is 826. The van der Waals surface area contributed by atoms with Crippen LogP contribution >= 0.6 is 0 Å². The van der Waals surface area contributed by atoms with Gasteiger partial charge < -0.3 is 9.64 Å². The van der Waals surface area contributed by atoms with Crippen LogP contribution in [0.2, 0.25) is 0 Å². The summed E-state index contributed by atoms with van der Waals surface area (Å²) >= 11 is 0. The van der Waals surface area contributed by atoms with Crippen molar-refractivity contribution in [1.29, 1.82) is 0 Å². The molecule has 2 aliphatic rings. The number of ether oxygens (including phenoxy) is 1. The van der Waals surface area contributed by atoms with Gasteiger partial charge in [-0.1, -0.05) is 12.1 Å². The summed E-state index contributed by atoms with van der Waals surface area (Å²) in [5.41, 5.74) is 0.850. The zero-order valence-corrected chi connectivity index (χ0v) is 15.6. The van der Waals surface area contributed by atoms with Crippen LogP contribution in [0.15, 0.2) is 24.3 Å². The van der Waals surface area contributed by atoms with E-state index < -0.39 is 0 Å². The summed E-state index contributed by atoms with van der Waals surface area (Å²) in [5, 5.41) is 7.09. The lowest BCUT2D eigenvalue weighted by atomic mass is 9.89. The van der Waals surface area contributed by atoms with Crippen molar-refractivity contribution in [2.24, 2.45) is 11.8 Å². The Morgan fingerprint density at radius 1 is 1.37 bits per heavy atom. The van der Waals surface area contributed by atoms with Crippen molar-refractivity contribution in [1.82, 2.24) is 25.0 Å². The smallest absolute Gasteiger partial charge is 0.249 e. The minimum Gasteiger partial charge on any atom is -0.375 e. The number of likely N-dealkylation sites (tertiary alicyclic amines) is 2. The molecule has 1 aromatic carbocycles. The molecule has 1 amide bonds. The molecule has 144 valence electrons. The van der Waals surface area contributed by atoms with Gasteiger partial charge in [0.1, 0.15) is 18.2 Å². The van der Waals surface area contributed by atoms with Crippen LogP contribution in [0, 0.1) is 24.6 Å². The van der Waals surface area contributed by atoms with E-state index >= 15 is 0 Å². The molecule has 0 saturated carbocycles. The van der Waals surface area contributed by atoms with Crippen molar-refractivity contribution >= 4 is 5.91 Å². The number of methoxy groups -OCH3 is 1. The Hall–Kier alpha value is -2.32. The molecule has 4 rings (SSSR count). The fourth-order valence-electron chi connectivity index (χ4n) is 4.51. The van der Waals surface area contributed by atoms with Crippen LogP contribution in [0.1, 0.15) is 23.3 Å². The average molecular weight is 373 g/mol. The highest BCUT2D eigenvalue weighted by atomic mass is 19.1. The summed E-state index contributed by atoms with van der Waals surface area (Å²) in [6.45, 7) is 4.98. The van der Waals surface area contributed by atoms with E-state index in [4.69, 9.17) is 4.74 Å². The normalized spacial score (nSPS) is 25.1. The summed E-state index contributed by atoms with van der Waals surface area (Å²) in [7, 11) is 1.52. The van der Waals surface area contributed by atoms with E-state index in [0.717, 1.165) is 30.3 Å². The maximum atomic E-state index is 13.8. The number of hydrogen-bond acceptors (Lipinski definition) is 5. The molecular formula is C19H24FN5O2. The predicted octanol–water partition coefficient (Wildman–Crippen LogP) is 1.53. The molecule has 1 aromatic heterocycles. The van der Waals surface area contributed by atoms with Crippen LogP contribution < -0.4 is 0 Å². The number of hydrogen-bond donors (Lipinski definition) is 1. The molecule has 0 aliphatic carbocycles. The van der Waals surface area contributed by atoms with Gasteiger partial charge in [0.2, 0.25) is 5.91 Å². The van der Waals surface area contributed by atoms with Crippen LogP contribution in [0.5, 0.6) is 0 Å². The quantitative estimate of drug-likeness (QED) is 0.860. The first-order valence-corrected chi connectivity index (χ1v) is 9.19. The van der Waals surface area contributed by atoms with E-state index in [1.165, 1.54) is 13.2 Å². The molecule has 2 aliphatic heterocycles. The molecule has 2 saturated heterocycles. The number of fused-ring (bicyclic) bond motifs is 1. The van der Waals surface area contributed by atoms with Crippen molar-refractivity contribution in [3.8, 4) is 0 Å². The number of halogens is 1. The Morgan fingerprint density at radius 3 is 2.93 bits per heavy atom. The maximum absolute atomic E-state index is 13.8. The van der Waals surface area contributed by atoms with E-state index in [-0.39, 0.29) is 30.3 Å². The van der Waals surface area contributed by atoms with Gasteiger partial charge in [-0.25, -0.2) is 9.37 Å². The highest BCUT2D eigenvalue weighted by Crippen LogP contribution is 2.45. The molecule has 8 heteroatoms. The van der Waals surface area contributed by atoms with Gasteiger partial charge in [0, 0.05) is 32.7 Å². The summed E-state index contributed by atoms with van der Waals surface area (Å²) in [5.74, 6) is 1.87. The standard InChI is InChI=1S/C19H24FN5O2/c1-12-21-17(23-22-12)10-24-7-14-8-25(18(26)11-27-2)19(16(14)9-24)13-4-3-5-15(20)6-13/h3-6,14,16,19H,7-11H2,1-2H3,(H,21,22,23)/t14-,16-,19+/m1/s1. The first kappa shape index (κ1) is 18.1. The summed E-state index contributed by atoms with van der Waals surface area (Å²) < 4.78 is 18.9. The first-order chi connectivity index (χ1) is 13.0. The van der Waals surface area contributed by atoms with E-state index in [1.807, 2.05) is 17.9 Å². The Kier molecular flexibility index (Phi) is 4.92. The number of amides is 1. The highest BCUT2D eigenvalue weighted by Gasteiger charge is 2.49. The number of nitrogens with zero attached hydrogens (tertiary/aromatic N) is 4. The molecule has 0 radical (unpaired) electrons. The lowest BCUT2D eigenvalue weighted by Gasteiger charge is -2.29. The monoisotopic (exact) mass is 373 g/mol. The lowest BCUT2D eigenvalue weighted by molar-refractivity contribution is -0.136. The Balaban J connectivity index is 1.56. The largest absolute Gasteiger partial charge is 0.375 e. The second kappa shape index (κ2) is 7.36. The zero-order valence-electron chi connectivity index (χ0n) is 15.6. The van der Waals surface area contributed by atoms with Gasteiger partial charge in [-0.3, -0.25) is 14.8 Å². The van der Waals surface area contributed by atoms with Crippen LogP contribution in [0.25, 0.3) is 0 Å². The van der Waals surface area contributed by atoms with Crippen molar-refractivity contribution < 1.29 is 13.9 Å². The van der Waals surface area contributed by atoms with Gasteiger partial charge in [0.15, 0.2) is 5.82 Å². The summed E-state index contributed by atoms with van der Waals surface area (Å²) in [4.78, 5) is 21.2. The molecule has 0 bridgehead atoms. The fourth-order valence-corrected chi connectivity index (χ4v) is 4.51. The van der Waals surface area contributed by atoms with Crippen LogP contribution in [0.4, 0.5) is 4.39 Å². The number of aryl methyl sites for hydroxylation is 1. The zero-order chi connectivity index (χ0) is 19.0. The summed E-state index contributed by atoms with van der Waals surface area (Å²) in [6.07, 6.45) is 0. The van der Waals surface area contributed by atoms with Crippen LogP contribution in [0.3, 0.4) is 0 Å². The van der Waals surface area contributed by atoms with Gasteiger partial charge in [0.25, 0.3) is 0 Å². The number of aromatic nitrogens is 3. The van der Waals surface area contributed by atoms with Gasteiger partial charge >= 0.3 is 0 Å². The third-order valence-corrected chi connectivity index (χ3v) is 5.53. The van der Waals surface area contributed by atoms with Crippen LogP contribution in [-0.4, -0.2) is 64.2 Å². The predicted molar refractivity (Wildman–Crippen MR) is 96.1 cm³/mol. The lowest BCUT2D eigenvalue weighted by Crippen LogP contribution is -2.37. The van der Waals surface area contributed by atoms with Crippen molar-refractivity contribution in [2.75, 3.05) is 33.4 Å². The van der Waals surface area contributed by atoms with E-state index in [2.05, 4.69) is 20.1 Å². The second-order valence-electron chi connectivity index (χ2n) is 7.43. The molecule has 3 heterocycles. The number of benzene rings is 1. The Morgan fingerprint density at radius 2 is 2.22 bits per heavy atom. The van der Waals surface area contributed by atoms with Crippen molar-refractivity contribution in [3.05, 3.63) is 47.3 Å². The molecule has 27 heavy (non-hydrogen) atoms. The minimum atomic E-state index is -0.277. The van der Waals surface area contributed by atoms with Gasteiger partial charge in [-0.15, -0.1) is 0 Å². The van der Waals surface area contributed by atoms with Gasteiger partial charge in [-0.05, 0) is 30.5 Å². The number of aromatic amines is 1. The molecule has 3 atom stereocenters. The number of rotatable bonds is 5. The topological polar surface area (TPSA) is 74.3 Å². The second-order valence-corrected chi connectivity index (χ2v) is 7.43. The minimum absolute atomic E-state index is 0.0442. The van der Waals surface area contributed by atoms with E-state index in [1.54, 1.807) is 12.1 Å². The average Bonchev–Trinajstić information content (AvgIpc) is 3.29. The third-order valence-electron chi connectivity index (χ3n) is 5.53. The number of H-pyrrole nitrogens is 1. The van der Waals surface area contributed by atoms with E-state index in [9.17, 15) is 9.18 Å². The van der Waals surface area contributed by atoms with Crippen molar-refractivity contribution in [3.63, 3.8) is 0 Å². The van der Waals surface area contributed by atoms with Gasteiger partial charge in [-0.2, -0.15) is 5.10 Å². The molecule has 2 aromatic rings. The van der Waals surface area contributed by atoms with Gasteiger partial charge in [0.05, 0.1) is 12.6 Å². The highest BCUT2D eigenvalue weighted by molar-refractivity contribution is 5.78. The molecule has 0 unspecified atom stereocenters. The molecule has 1 N–H and O–H groups in total.